The van der Waals surface area contributed by atoms with Crippen LogP contribution in [0.5, 0.6) is 5.75 Å². The molecule has 2 aromatic rings. The number of aromatic hydroxyl groups is 1. The molecule has 1 aromatic carbocycles. The molecule has 1 N–H and O–H groups in total. The number of piperazine rings is 1. The number of hydrogen-bond acceptors (Lipinski definition) is 5. The zero-order valence-electron chi connectivity index (χ0n) is 12.5. The van der Waals surface area contributed by atoms with Gasteiger partial charge < -0.3 is 10.0 Å². The van der Waals surface area contributed by atoms with Gasteiger partial charge in [-0.25, -0.2) is 9.97 Å². The van der Waals surface area contributed by atoms with Crippen LogP contribution in [0.2, 0.25) is 5.28 Å². The average Bonchev–Trinajstić information content (AvgIpc) is 2.49. The summed E-state index contributed by atoms with van der Waals surface area (Å²) in [5.74, 6) is 1.25. The first kappa shape index (κ1) is 15.1. The standard InChI is InChI=1S/C16H19ClN4O/c1-12-10-15(19-16(17)18-12)21-8-6-20(7-9-21)11-13-4-2-3-5-14(13)22/h2-5,10,22H,6-9,11H2,1H3. The number of anilines is 1. The van der Waals surface area contributed by atoms with Gasteiger partial charge in [0.1, 0.15) is 11.6 Å². The Balaban J connectivity index is 1.62. The molecule has 0 atom stereocenters. The van der Waals surface area contributed by atoms with E-state index in [1.54, 1.807) is 6.07 Å². The van der Waals surface area contributed by atoms with Crippen molar-refractivity contribution in [1.82, 2.24) is 14.9 Å². The van der Waals surface area contributed by atoms with Gasteiger partial charge in [-0.2, -0.15) is 0 Å². The summed E-state index contributed by atoms with van der Waals surface area (Å²) in [6, 6.07) is 9.46. The van der Waals surface area contributed by atoms with Gasteiger partial charge in [-0.15, -0.1) is 0 Å². The summed E-state index contributed by atoms with van der Waals surface area (Å²) in [6.45, 7) is 6.32. The fourth-order valence-electron chi connectivity index (χ4n) is 2.70. The number of phenols is 1. The third-order valence-electron chi connectivity index (χ3n) is 3.90. The Morgan fingerprint density at radius 2 is 1.86 bits per heavy atom. The van der Waals surface area contributed by atoms with E-state index < -0.39 is 0 Å². The molecule has 0 amide bonds. The Hall–Kier alpha value is -1.85. The summed E-state index contributed by atoms with van der Waals surface area (Å²) in [4.78, 5) is 13.0. The Bertz CT molecular complexity index is 636. The van der Waals surface area contributed by atoms with Gasteiger partial charge in [0.05, 0.1) is 0 Å². The minimum absolute atomic E-state index is 0.298. The zero-order chi connectivity index (χ0) is 15.5. The van der Waals surface area contributed by atoms with Gasteiger partial charge in [-0.1, -0.05) is 18.2 Å². The normalized spacial score (nSPS) is 16.0. The lowest BCUT2D eigenvalue weighted by Crippen LogP contribution is -2.46. The lowest BCUT2D eigenvalue weighted by molar-refractivity contribution is 0.246. The van der Waals surface area contributed by atoms with Crippen LogP contribution < -0.4 is 4.90 Å². The van der Waals surface area contributed by atoms with Gasteiger partial charge in [0, 0.05) is 50.0 Å². The summed E-state index contributed by atoms with van der Waals surface area (Å²) < 4.78 is 0. The SMILES string of the molecule is Cc1cc(N2CCN(Cc3ccccc3O)CC2)nc(Cl)n1. The number of benzene rings is 1. The quantitative estimate of drug-likeness (QED) is 0.881. The molecule has 116 valence electrons. The van der Waals surface area contributed by atoms with Crippen LogP contribution >= 0.6 is 11.6 Å². The molecular formula is C16H19ClN4O. The van der Waals surface area contributed by atoms with Crippen molar-refractivity contribution in [1.29, 1.82) is 0 Å². The van der Waals surface area contributed by atoms with Crippen LogP contribution in [0.25, 0.3) is 0 Å². The summed E-state index contributed by atoms with van der Waals surface area (Å²) in [6.07, 6.45) is 0. The van der Waals surface area contributed by atoms with E-state index in [1.165, 1.54) is 0 Å². The van der Waals surface area contributed by atoms with E-state index in [4.69, 9.17) is 11.6 Å². The second kappa shape index (κ2) is 6.50. The molecular weight excluding hydrogens is 300 g/mol. The summed E-state index contributed by atoms with van der Waals surface area (Å²) >= 11 is 5.94. The molecule has 1 aliphatic heterocycles. The minimum atomic E-state index is 0.298. The molecule has 5 nitrogen and oxygen atoms in total. The molecule has 0 aliphatic carbocycles. The van der Waals surface area contributed by atoms with E-state index in [0.29, 0.717) is 11.0 Å². The van der Waals surface area contributed by atoms with Crippen molar-refractivity contribution in [2.45, 2.75) is 13.5 Å². The number of aryl methyl sites for hydroxylation is 1. The molecule has 6 heteroatoms. The molecule has 0 saturated carbocycles. The van der Waals surface area contributed by atoms with Crippen molar-refractivity contribution in [2.75, 3.05) is 31.1 Å². The number of hydrogen-bond donors (Lipinski definition) is 1. The van der Waals surface area contributed by atoms with Crippen LogP contribution in [0.15, 0.2) is 30.3 Å². The molecule has 1 fully saturated rings. The number of halogens is 1. The third-order valence-corrected chi connectivity index (χ3v) is 4.06. The molecule has 0 spiro atoms. The Morgan fingerprint density at radius 1 is 1.14 bits per heavy atom. The fraction of sp³-hybridized carbons (Fsp3) is 0.375. The van der Waals surface area contributed by atoms with E-state index in [0.717, 1.165) is 49.8 Å². The van der Waals surface area contributed by atoms with Crippen molar-refractivity contribution in [2.24, 2.45) is 0 Å². The fourth-order valence-corrected chi connectivity index (χ4v) is 2.92. The van der Waals surface area contributed by atoms with Crippen LogP contribution in [0.4, 0.5) is 5.82 Å². The van der Waals surface area contributed by atoms with Gasteiger partial charge in [-0.3, -0.25) is 4.90 Å². The third kappa shape index (κ3) is 3.48. The Kier molecular flexibility index (Phi) is 4.45. The highest BCUT2D eigenvalue weighted by Crippen LogP contribution is 2.20. The van der Waals surface area contributed by atoms with Crippen LogP contribution in [0, 0.1) is 6.92 Å². The van der Waals surface area contributed by atoms with E-state index in [1.807, 2.05) is 31.2 Å². The lowest BCUT2D eigenvalue weighted by atomic mass is 10.1. The van der Waals surface area contributed by atoms with Gasteiger partial charge in [0.25, 0.3) is 0 Å². The van der Waals surface area contributed by atoms with Crippen LogP contribution in [0.1, 0.15) is 11.3 Å². The van der Waals surface area contributed by atoms with Gasteiger partial charge in [-0.05, 0) is 24.6 Å². The van der Waals surface area contributed by atoms with Gasteiger partial charge in [0.2, 0.25) is 5.28 Å². The number of nitrogens with zero attached hydrogens (tertiary/aromatic N) is 4. The largest absolute Gasteiger partial charge is 0.508 e. The van der Waals surface area contributed by atoms with Crippen molar-refractivity contribution in [3.63, 3.8) is 0 Å². The molecule has 22 heavy (non-hydrogen) atoms. The van der Waals surface area contributed by atoms with Crippen molar-refractivity contribution in [3.05, 3.63) is 46.9 Å². The van der Waals surface area contributed by atoms with Gasteiger partial charge >= 0.3 is 0 Å². The summed E-state index contributed by atoms with van der Waals surface area (Å²) in [5.41, 5.74) is 1.85. The van der Waals surface area contributed by atoms with Crippen molar-refractivity contribution in [3.8, 4) is 5.75 Å². The lowest BCUT2D eigenvalue weighted by Gasteiger charge is -2.35. The summed E-state index contributed by atoms with van der Waals surface area (Å²) in [7, 11) is 0. The highest BCUT2D eigenvalue weighted by atomic mass is 35.5. The first-order valence-electron chi connectivity index (χ1n) is 7.37. The first-order valence-corrected chi connectivity index (χ1v) is 7.75. The molecule has 2 heterocycles. The number of para-hydroxylation sites is 1. The highest BCUT2D eigenvalue weighted by molar-refractivity contribution is 6.28. The van der Waals surface area contributed by atoms with Crippen molar-refractivity contribution < 1.29 is 5.11 Å². The Labute approximate surface area is 135 Å². The average molecular weight is 319 g/mol. The predicted octanol–water partition coefficient (Wildman–Crippen LogP) is 2.47. The smallest absolute Gasteiger partial charge is 0.224 e. The second-order valence-electron chi connectivity index (χ2n) is 5.53. The van der Waals surface area contributed by atoms with Crippen LogP contribution in [-0.2, 0) is 6.54 Å². The molecule has 0 unspecified atom stereocenters. The predicted molar refractivity (Wildman–Crippen MR) is 87.4 cm³/mol. The maximum atomic E-state index is 9.86. The zero-order valence-corrected chi connectivity index (χ0v) is 13.3. The number of rotatable bonds is 3. The van der Waals surface area contributed by atoms with E-state index in [-0.39, 0.29) is 0 Å². The molecule has 1 aromatic heterocycles. The molecule has 0 bridgehead atoms. The monoisotopic (exact) mass is 318 g/mol. The first-order chi connectivity index (χ1) is 10.6. The molecule has 1 saturated heterocycles. The highest BCUT2D eigenvalue weighted by Gasteiger charge is 2.19. The molecule has 0 radical (unpaired) electrons. The van der Waals surface area contributed by atoms with Crippen LogP contribution in [-0.4, -0.2) is 46.2 Å². The molecule has 3 rings (SSSR count). The van der Waals surface area contributed by atoms with E-state index in [9.17, 15) is 5.11 Å². The van der Waals surface area contributed by atoms with Crippen molar-refractivity contribution >= 4 is 17.4 Å². The summed E-state index contributed by atoms with van der Waals surface area (Å²) in [5, 5.41) is 10.2. The topological polar surface area (TPSA) is 52.5 Å². The van der Waals surface area contributed by atoms with E-state index >= 15 is 0 Å². The maximum absolute atomic E-state index is 9.86. The Morgan fingerprint density at radius 3 is 2.55 bits per heavy atom. The minimum Gasteiger partial charge on any atom is -0.508 e. The second-order valence-corrected chi connectivity index (χ2v) is 5.87. The van der Waals surface area contributed by atoms with E-state index in [2.05, 4.69) is 19.8 Å². The number of aromatic nitrogens is 2. The van der Waals surface area contributed by atoms with Crippen LogP contribution in [0.3, 0.4) is 0 Å². The van der Waals surface area contributed by atoms with Gasteiger partial charge in [0.15, 0.2) is 0 Å². The maximum Gasteiger partial charge on any atom is 0.224 e. The molecule has 1 aliphatic rings. The number of phenolic OH excluding ortho intramolecular Hbond substituents is 1.